The Balaban J connectivity index is 3.05. The molecule has 8 nitrogen and oxygen atoms in total. The molecule has 0 saturated heterocycles. The SMILES string of the molecule is COC(=O)C(CO)NC(=O)c1cc(F)c([N+](=O)[O-])cc1F. The summed E-state index contributed by atoms with van der Waals surface area (Å²) in [7, 11) is 1.00. The van der Waals surface area contributed by atoms with E-state index in [9.17, 15) is 28.5 Å². The van der Waals surface area contributed by atoms with Gasteiger partial charge in [0.2, 0.25) is 5.82 Å². The zero-order chi connectivity index (χ0) is 16.2. The molecule has 0 bridgehead atoms. The molecular weight excluding hydrogens is 294 g/mol. The number of ether oxygens (including phenoxy) is 1. The molecule has 1 atom stereocenters. The zero-order valence-corrected chi connectivity index (χ0v) is 10.6. The first kappa shape index (κ1) is 16.4. The number of aliphatic hydroxyl groups excluding tert-OH is 1. The van der Waals surface area contributed by atoms with E-state index >= 15 is 0 Å². The minimum Gasteiger partial charge on any atom is -0.467 e. The smallest absolute Gasteiger partial charge is 0.330 e. The fraction of sp³-hybridized carbons (Fsp3) is 0.273. The highest BCUT2D eigenvalue weighted by Gasteiger charge is 2.26. The van der Waals surface area contributed by atoms with Gasteiger partial charge in [-0.25, -0.2) is 9.18 Å². The van der Waals surface area contributed by atoms with E-state index in [-0.39, 0.29) is 6.07 Å². The maximum Gasteiger partial charge on any atom is 0.330 e. The Labute approximate surface area is 116 Å². The molecule has 0 fully saturated rings. The van der Waals surface area contributed by atoms with Crippen molar-refractivity contribution in [2.24, 2.45) is 0 Å². The monoisotopic (exact) mass is 304 g/mol. The number of carbonyl (C=O) groups excluding carboxylic acids is 2. The molecule has 0 aliphatic rings. The maximum atomic E-state index is 13.6. The number of esters is 1. The Hall–Kier alpha value is -2.62. The molecule has 0 radical (unpaired) electrons. The van der Waals surface area contributed by atoms with Crippen LogP contribution in [-0.4, -0.2) is 41.7 Å². The molecule has 10 heteroatoms. The lowest BCUT2D eigenvalue weighted by molar-refractivity contribution is -0.387. The molecular formula is C11H10F2N2O6. The number of nitrogens with zero attached hydrogens (tertiary/aromatic N) is 1. The van der Waals surface area contributed by atoms with E-state index in [1.807, 2.05) is 5.32 Å². The highest BCUT2D eigenvalue weighted by atomic mass is 19.1. The summed E-state index contributed by atoms with van der Waals surface area (Å²) in [6.45, 7) is -0.824. The number of methoxy groups -OCH3 is 1. The van der Waals surface area contributed by atoms with Gasteiger partial charge in [0.1, 0.15) is 5.82 Å². The van der Waals surface area contributed by atoms with Gasteiger partial charge in [-0.15, -0.1) is 0 Å². The molecule has 21 heavy (non-hydrogen) atoms. The van der Waals surface area contributed by atoms with Crippen molar-refractivity contribution in [3.8, 4) is 0 Å². The number of hydrogen-bond donors (Lipinski definition) is 2. The van der Waals surface area contributed by atoms with E-state index in [0.717, 1.165) is 7.11 Å². The number of aliphatic hydroxyl groups is 1. The fourth-order valence-electron chi connectivity index (χ4n) is 1.41. The molecule has 1 rings (SSSR count). The number of halogens is 2. The van der Waals surface area contributed by atoms with Gasteiger partial charge in [-0.2, -0.15) is 4.39 Å². The zero-order valence-electron chi connectivity index (χ0n) is 10.6. The summed E-state index contributed by atoms with van der Waals surface area (Å²) < 4.78 is 31.2. The number of amides is 1. The first-order valence-corrected chi connectivity index (χ1v) is 5.44. The molecule has 2 N–H and O–H groups in total. The van der Waals surface area contributed by atoms with Crippen molar-refractivity contribution in [1.82, 2.24) is 5.32 Å². The molecule has 0 aromatic heterocycles. The molecule has 0 aliphatic carbocycles. The van der Waals surface area contributed by atoms with Gasteiger partial charge in [0.15, 0.2) is 6.04 Å². The first-order chi connectivity index (χ1) is 9.81. The Morgan fingerprint density at radius 2 is 2.05 bits per heavy atom. The Kier molecular flexibility index (Phi) is 5.24. The Morgan fingerprint density at radius 1 is 1.43 bits per heavy atom. The van der Waals surface area contributed by atoms with Crippen LogP contribution in [0.1, 0.15) is 10.4 Å². The van der Waals surface area contributed by atoms with Crippen molar-refractivity contribution in [2.45, 2.75) is 6.04 Å². The normalized spacial score (nSPS) is 11.6. The van der Waals surface area contributed by atoms with Crippen molar-refractivity contribution in [2.75, 3.05) is 13.7 Å². The summed E-state index contributed by atoms with van der Waals surface area (Å²) in [6.07, 6.45) is 0. The van der Waals surface area contributed by atoms with Crippen LogP contribution in [0.4, 0.5) is 14.5 Å². The third-order valence-corrected chi connectivity index (χ3v) is 2.45. The van der Waals surface area contributed by atoms with E-state index < -0.39 is 52.3 Å². The van der Waals surface area contributed by atoms with Gasteiger partial charge in [0, 0.05) is 0 Å². The quantitative estimate of drug-likeness (QED) is 0.453. The van der Waals surface area contributed by atoms with Crippen molar-refractivity contribution < 1.29 is 33.1 Å². The summed E-state index contributed by atoms with van der Waals surface area (Å²) in [5, 5.41) is 21.2. The maximum absolute atomic E-state index is 13.6. The minimum absolute atomic E-state index is 0.246. The molecule has 114 valence electrons. The van der Waals surface area contributed by atoms with Crippen LogP contribution >= 0.6 is 0 Å². The highest BCUT2D eigenvalue weighted by molar-refractivity contribution is 5.97. The highest BCUT2D eigenvalue weighted by Crippen LogP contribution is 2.21. The van der Waals surface area contributed by atoms with Crippen molar-refractivity contribution in [1.29, 1.82) is 0 Å². The topological polar surface area (TPSA) is 119 Å². The molecule has 1 unspecified atom stereocenters. The van der Waals surface area contributed by atoms with Gasteiger partial charge in [-0.1, -0.05) is 0 Å². The Bertz CT molecular complexity index is 592. The number of nitrogens with one attached hydrogen (secondary N) is 1. The minimum atomic E-state index is -1.47. The number of nitro groups is 1. The van der Waals surface area contributed by atoms with Crippen LogP contribution in [0.25, 0.3) is 0 Å². The summed E-state index contributed by atoms with van der Waals surface area (Å²) in [4.78, 5) is 32.1. The molecule has 0 heterocycles. The predicted octanol–water partition coefficient (Wildman–Crippen LogP) is 0.137. The fourth-order valence-corrected chi connectivity index (χ4v) is 1.41. The first-order valence-electron chi connectivity index (χ1n) is 5.44. The van der Waals surface area contributed by atoms with Crippen molar-refractivity contribution in [3.05, 3.63) is 39.4 Å². The van der Waals surface area contributed by atoms with E-state index in [1.54, 1.807) is 0 Å². The summed E-state index contributed by atoms with van der Waals surface area (Å²) in [6, 6.07) is -0.898. The number of rotatable bonds is 5. The number of hydrogen-bond acceptors (Lipinski definition) is 6. The van der Waals surface area contributed by atoms with Gasteiger partial charge >= 0.3 is 11.7 Å². The van der Waals surface area contributed by atoms with Gasteiger partial charge < -0.3 is 15.2 Å². The van der Waals surface area contributed by atoms with Crippen LogP contribution in [0.5, 0.6) is 0 Å². The van der Waals surface area contributed by atoms with Crippen LogP contribution in [-0.2, 0) is 9.53 Å². The van der Waals surface area contributed by atoms with Crippen LogP contribution in [0, 0.1) is 21.7 Å². The van der Waals surface area contributed by atoms with E-state index in [2.05, 4.69) is 4.74 Å². The molecule has 0 aliphatic heterocycles. The molecule has 1 aromatic rings. The second-order valence-corrected chi connectivity index (χ2v) is 3.77. The summed E-state index contributed by atoms with van der Waals surface area (Å²) >= 11 is 0. The third-order valence-electron chi connectivity index (χ3n) is 2.45. The largest absolute Gasteiger partial charge is 0.467 e. The number of carbonyl (C=O) groups is 2. The lowest BCUT2D eigenvalue weighted by Crippen LogP contribution is -2.44. The number of benzene rings is 1. The number of nitro benzene ring substituents is 1. The van der Waals surface area contributed by atoms with E-state index in [1.165, 1.54) is 0 Å². The second-order valence-electron chi connectivity index (χ2n) is 3.77. The van der Waals surface area contributed by atoms with Gasteiger partial charge in [-0.05, 0) is 6.07 Å². The molecule has 0 spiro atoms. The predicted molar refractivity (Wildman–Crippen MR) is 63.4 cm³/mol. The van der Waals surface area contributed by atoms with E-state index in [4.69, 9.17) is 5.11 Å². The van der Waals surface area contributed by atoms with Gasteiger partial charge in [-0.3, -0.25) is 14.9 Å². The van der Waals surface area contributed by atoms with Crippen molar-refractivity contribution >= 4 is 17.6 Å². The third kappa shape index (κ3) is 3.69. The van der Waals surface area contributed by atoms with Gasteiger partial charge in [0.25, 0.3) is 5.91 Å². The van der Waals surface area contributed by atoms with Crippen LogP contribution in [0.15, 0.2) is 12.1 Å². The summed E-state index contributed by atoms with van der Waals surface area (Å²) in [5.74, 6) is -4.98. The molecule has 0 saturated carbocycles. The Morgan fingerprint density at radius 3 is 2.52 bits per heavy atom. The average Bonchev–Trinajstić information content (AvgIpc) is 2.45. The molecule has 1 amide bonds. The lowest BCUT2D eigenvalue weighted by atomic mass is 10.1. The van der Waals surface area contributed by atoms with Crippen molar-refractivity contribution in [3.63, 3.8) is 0 Å². The second kappa shape index (κ2) is 6.70. The van der Waals surface area contributed by atoms with E-state index in [0.29, 0.717) is 6.07 Å². The van der Waals surface area contributed by atoms with Gasteiger partial charge in [0.05, 0.1) is 30.3 Å². The lowest BCUT2D eigenvalue weighted by Gasteiger charge is -2.14. The standard InChI is InChI=1S/C11H10F2N2O6/c1-21-11(18)8(4-16)14-10(17)5-2-7(13)9(15(19)20)3-6(5)12/h2-3,8,16H,4H2,1H3,(H,14,17). The summed E-state index contributed by atoms with van der Waals surface area (Å²) in [5.41, 5.74) is -1.98. The average molecular weight is 304 g/mol. The van der Waals surface area contributed by atoms with Crippen LogP contribution in [0.3, 0.4) is 0 Å². The molecule has 1 aromatic carbocycles. The van der Waals surface area contributed by atoms with Crippen LogP contribution < -0.4 is 5.32 Å². The van der Waals surface area contributed by atoms with Crippen LogP contribution in [0.2, 0.25) is 0 Å².